The number of rotatable bonds is 2. The maximum Gasteiger partial charge on any atom is 0.379 e. The lowest BCUT2D eigenvalue weighted by Crippen LogP contribution is -2.42. The highest BCUT2D eigenvalue weighted by atomic mass is 19.4. The van der Waals surface area contributed by atoms with E-state index in [2.05, 4.69) is 7.05 Å². The van der Waals surface area contributed by atoms with Crippen LogP contribution >= 0.6 is 0 Å². The van der Waals surface area contributed by atoms with Gasteiger partial charge in [-0.15, -0.1) is 0 Å². The number of likely N-dealkylation sites (tertiary alicyclic amines) is 1. The first-order chi connectivity index (χ1) is 7.73. The van der Waals surface area contributed by atoms with E-state index in [9.17, 15) is 26.3 Å². The molecule has 0 radical (unpaired) electrons. The Kier molecular flexibility index (Phi) is 11.8. The summed E-state index contributed by atoms with van der Waals surface area (Å²) in [6, 6.07) is 0. The third-order valence-electron chi connectivity index (χ3n) is 2.09. The number of alkyl halides is 6. The Hall–Kier alpha value is -0.500. The summed E-state index contributed by atoms with van der Waals surface area (Å²) in [5.74, 6) is 0. The number of nitrogens with zero attached hydrogens (tertiary/aromatic N) is 1. The van der Waals surface area contributed by atoms with Crippen molar-refractivity contribution in [3.63, 3.8) is 0 Å². The Bertz CT molecular complexity index is 152. The summed E-state index contributed by atoms with van der Waals surface area (Å²) in [6.07, 6.45) is 2.75. The van der Waals surface area contributed by atoms with E-state index in [4.69, 9.17) is 4.74 Å². The molecule has 0 aliphatic carbocycles. The van der Waals surface area contributed by atoms with Gasteiger partial charge in [-0.3, -0.25) is 0 Å². The van der Waals surface area contributed by atoms with Gasteiger partial charge in [-0.2, -0.15) is 26.3 Å². The van der Waals surface area contributed by atoms with E-state index in [1.807, 2.05) is 0 Å². The van der Waals surface area contributed by atoms with Gasteiger partial charge in [0.15, 0.2) is 6.73 Å². The second-order valence-corrected chi connectivity index (χ2v) is 3.69. The molecule has 0 spiro atoms. The minimum Gasteiger partial charge on any atom is -0.335 e. The molecule has 1 fully saturated rings. The fourth-order valence-electron chi connectivity index (χ4n) is 1.54. The predicted molar refractivity (Wildman–Crippen MR) is 51.3 cm³/mol. The summed E-state index contributed by atoms with van der Waals surface area (Å²) >= 11 is 0. The Labute approximate surface area is 96.7 Å². The highest BCUT2D eigenvalue weighted by molar-refractivity contribution is 4.48. The van der Waals surface area contributed by atoms with Crippen molar-refractivity contribution in [3.8, 4) is 0 Å². The minimum absolute atomic E-state index is 0.889. The third kappa shape index (κ3) is 18.1. The molecule has 1 aliphatic heterocycles. The number of hydrogen-bond donors (Lipinski definition) is 0. The maximum atomic E-state index is 9.67. The lowest BCUT2D eigenvalue weighted by atomic mass is 10.4. The number of halogens is 6. The van der Waals surface area contributed by atoms with Crippen LogP contribution in [-0.4, -0.2) is 51.8 Å². The van der Waals surface area contributed by atoms with E-state index in [0.717, 1.165) is 11.2 Å². The molecule has 1 aliphatic rings. The molecule has 0 N–H and O–H groups in total. The van der Waals surface area contributed by atoms with Crippen LogP contribution in [0.2, 0.25) is 0 Å². The SMILES string of the molecule is COC[N+]1(C)CCCC1.FC(F)F.FC(F)F. The fraction of sp³-hybridized carbons (Fsp3) is 1.00. The zero-order valence-electron chi connectivity index (χ0n) is 9.81. The molecule has 1 rings (SSSR count). The van der Waals surface area contributed by atoms with Crippen molar-refractivity contribution in [2.75, 3.05) is 34.0 Å². The van der Waals surface area contributed by atoms with Gasteiger partial charge in [0, 0.05) is 20.0 Å². The van der Waals surface area contributed by atoms with Gasteiger partial charge in [0.2, 0.25) is 0 Å². The van der Waals surface area contributed by atoms with E-state index < -0.39 is 13.4 Å². The molecular formula is C9H18F6NO+. The average Bonchev–Trinajstić information content (AvgIpc) is 2.50. The highest BCUT2D eigenvalue weighted by Gasteiger charge is 2.25. The van der Waals surface area contributed by atoms with Crippen LogP contribution in [0.3, 0.4) is 0 Å². The van der Waals surface area contributed by atoms with Crippen molar-refractivity contribution in [2.24, 2.45) is 0 Å². The van der Waals surface area contributed by atoms with Gasteiger partial charge < -0.3 is 9.22 Å². The zero-order valence-corrected chi connectivity index (χ0v) is 9.81. The first kappa shape index (κ1) is 18.9. The Morgan fingerprint density at radius 1 is 0.941 bits per heavy atom. The molecule has 106 valence electrons. The summed E-state index contributed by atoms with van der Waals surface area (Å²) in [5.41, 5.74) is 0. The summed E-state index contributed by atoms with van der Waals surface area (Å²) < 4.78 is 64.2. The molecule has 1 heterocycles. The van der Waals surface area contributed by atoms with E-state index in [0.29, 0.717) is 0 Å². The van der Waals surface area contributed by atoms with Gasteiger partial charge in [-0.1, -0.05) is 0 Å². The standard InChI is InChI=1S/C7H16NO.2CHF3/c1-8(7-9-2)5-3-4-6-8;2*2-1(3)4/h3-7H2,1-2H3;2*1H/q+1;;. The lowest BCUT2D eigenvalue weighted by Gasteiger charge is -2.27. The maximum absolute atomic E-state index is 9.67. The topological polar surface area (TPSA) is 9.23 Å². The second kappa shape index (κ2) is 10.6. The van der Waals surface area contributed by atoms with Crippen molar-refractivity contribution >= 4 is 0 Å². The molecule has 0 aromatic heterocycles. The molecule has 0 amide bonds. The van der Waals surface area contributed by atoms with Crippen LogP contribution in [0.1, 0.15) is 12.8 Å². The van der Waals surface area contributed by atoms with Crippen molar-refractivity contribution in [2.45, 2.75) is 26.2 Å². The van der Waals surface area contributed by atoms with Crippen molar-refractivity contribution in [1.29, 1.82) is 0 Å². The van der Waals surface area contributed by atoms with Crippen LogP contribution in [0.25, 0.3) is 0 Å². The number of hydrogen-bond acceptors (Lipinski definition) is 1. The molecule has 2 nitrogen and oxygen atoms in total. The highest BCUT2D eigenvalue weighted by Crippen LogP contribution is 2.14. The molecule has 0 bridgehead atoms. The number of ether oxygens (including phenoxy) is 1. The van der Waals surface area contributed by atoms with Crippen molar-refractivity contribution in [3.05, 3.63) is 0 Å². The largest absolute Gasteiger partial charge is 0.379 e. The molecule has 1 saturated heterocycles. The summed E-state index contributed by atoms with van der Waals surface area (Å²) in [5, 5.41) is 0. The van der Waals surface area contributed by atoms with Crippen LogP contribution in [-0.2, 0) is 4.74 Å². The van der Waals surface area contributed by atoms with Crippen LogP contribution in [0, 0.1) is 0 Å². The second-order valence-electron chi connectivity index (χ2n) is 3.69. The fourth-order valence-corrected chi connectivity index (χ4v) is 1.54. The van der Waals surface area contributed by atoms with Crippen LogP contribution < -0.4 is 0 Å². The first-order valence-electron chi connectivity index (χ1n) is 4.90. The minimum atomic E-state index is -3.67. The molecular weight excluding hydrogens is 252 g/mol. The van der Waals surface area contributed by atoms with Gasteiger partial charge in [0.25, 0.3) is 0 Å². The third-order valence-corrected chi connectivity index (χ3v) is 2.09. The Balaban J connectivity index is 0. The van der Waals surface area contributed by atoms with Crippen LogP contribution in [0.15, 0.2) is 0 Å². The van der Waals surface area contributed by atoms with Gasteiger partial charge in [-0.25, -0.2) is 0 Å². The van der Waals surface area contributed by atoms with Crippen LogP contribution in [0.5, 0.6) is 0 Å². The number of quaternary nitrogens is 1. The molecule has 0 saturated carbocycles. The predicted octanol–water partition coefficient (Wildman–Crippen LogP) is 3.19. The quantitative estimate of drug-likeness (QED) is 0.553. The van der Waals surface area contributed by atoms with E-state index in [1.165, 1.54) is 25.9 Å². The summed E-state index contributed by atoms with van der Waals surface area (Å²) in [7, 11) is 4.04. The van der Waals surface area contributed by atoms with E-state index in [1.54, 1.807) is 7.11 Å². The Morgan fingerprint density at radius 3 is 1.47 bits per heavy atom. The lowest BCUT2D eigenvalue weighted by molar-refractivity contribution is -0.916. The summed E-state index contributed by atoms with van der Waals surface area (Å²) in [4.78, 5) is 0. The molecule has 0 atom stereocenters. The van der Waals surface area contributed by atoms with Gasteiger partial charge in [0.05, 0.1) is 20.1 Å². The molecule has 0 unspecified atom stereocenters. The normalized spacial score (nSPS) is 17.3. The van der Waals surface area contributed by atoms with Crippen molar-refractivity contribution in [1.82, 2.24) is 0 Å². The van der Waals surface area contributed by atoms with E-state index in [-0.39, 0.29) is 0 Å². The number of methoxy groups -OCH3 is 1. The zero-order chi connectivity index (χ0) is 13.9. The smallest absolute Gasteiger partial charge is 0.335 e. The van der Waals surface area contributed by atoms with Gasteiger partial charge >= 0.3 is 13.4 Å². The van der Waals surface area contributed by atoms with E-state index >= 15 is 0 Å². The van der Waals surface area contributed by atoms with Crippen LogP contribution in [0.4, 0.5) is 26.3 Å². The summed E-state index contributed by atoms with van der Waals surface area (Å²) in [6.45, 7) is -3.85. The molecule has 8 heteroatoms. The molecule has 0 aromatic carbocycles. The average molecular weight is 270 g/mol. The first-order valence-corrected chi connectivity index (χ1v) is 4.90. The Morgan fingerprint density at radius 2 is 1.24 bits per heavy atom. The van der Waals surface area contributed by atoms with Gasteiger partial charge in [-0.05, 0) is 0 Å². The molecule has 17 heavy (non-hydrogen) atoms. The molecule has 0 aromatic rings. The van der Waals surface area contributed by atoms with Crippen molar-refractivity contribution < 1.29 is 35.6 Å². The monoisotopic (exact) mass is 270 g/mol. The van der Waals surface area contributed by atoms with Gasteiger partial charge in [0.1, 0.15) is 0 Å².